The Kier molecular flexibility index (Phi) is 7.81. The maximum absolute atomic E-state index is 12.6. The topological polar surface area (TPSA) is 118 Å². The van der Waals surface area contributed by atoms with Gasteiger partial charge in [0.15, 0.2) is 6.07 Å². The number of nitrogens with two attached hydrogens (primary N) is 1. The van der Waals surface area contributed by atoms with Crippen molar-refractivity contribution in [2.45, 2.75) is 32.6 Å². The standard InChI is InChI=1S/C20H22ClNO7/c1-13(2)20(22,18(24)26-10-14-6-4-3-5-7-14)19(25)27-11-15-8-9-16(29-15)17(23)28-12-21/h3-9,13H,10-12,22H2,1-2H3/t20-/m1/s1. The van der Waals surface area contributed by atoms with Crippen molar-refractivity contribution >= 4 is 29.5 Å². The number of alkyl halides is 1. The van der Waals surface area contributed by atoms with E-state index in [0.717, 1.165) is 5.56 Å². The van der Waals surface area contributed by atoms with E-state index in [1.54, 1.807) is 38.1 Å². The van der Waals surface area contributed by atoms with Crippen LogP contribution in [0.2, 0.25) is 0 Å². The first kappa shape index (κ1) is 22.4. The molecule has 0 bridgehead atoms. The van der Waals surface area contributed by atoms with E-state index < -0.39 is 29.4 Å². The maximum Gasteiger partial charge on any atom is 0.375 e. The summed E-state index contributed by atoms with van der Waals surface area (Å²) in [5, 5.41) is 0. The number of carbonyl (C=O) groups is 3. The molecule has 0 saturated heterocycles. The fourth-order valence-electron chi connectivity index (χ4n) is 2.34. The summed E-state index contributed by atoms with van der Waals surface area (Å²) in [6, 6.07) is 11.5. The normalized spacial score (nSPS) is 12.9. The lowest BCUT2D eigenvalue weighted by atomic mass is 9.87. The number of ether oxygens (including phenoxy) is 3. The SMILES string of the molecule is CC(C)[C@@](N)(C(=O)OCc1ccccc1)C(=O)OCc1ccc(C(=O)OCCl)o1. The molecule has 0 spiro atoms. The van der Waals surface area contributed by atoms with Crippen molar-refractivity contribution in [2.75, 3.05) is 6.07 Å². The molecule has 0 aliphatic heterocycles. The summed E-state index contributed by atoms with van der Waals surface area (Å²) in [6.45, 7) is 2.86. The molecular weight excluding hydrogens is 402 g/mol. The molecule has 1 heterocycles. The first-order valence-electron chi connectivity index (χ1n) is 8.78. The van der Waals surface area contributed by atoms with Crippen LogP contribution in [0.1, 0.15) is 35.7 Å². The first-order chi connectivity index (χ1) is 13.8. The molecule has 9 heteroatoms. The molecule has 156 valence electrons. The van der Waals surface area contributed by atoms with Gasteiger partial charge in [-0.15, -0.1) is 0 Å². The van der Waals surface area contributed by atoms with Gasteiger partial charge in [-0.1, -0.05) is 55.8 Å². The van der Waals surface area contributed by atoms with Crippen molar-refractivity contribution < 1.29 is 33.0 Å². The number of halogens is 1. The minimum Gasteiger partial charge on any atom is -0.459 e. The van der Waals surface area contributed by atoms with Crippen LogP contribution in [0.4, 0.5) is 0 Å². The van der Waals surface area contributed by atoms with Gasteiger partial charge in [0.05, 0.1) is 0 Å². The van der Waals surface area contributed by atoms with Crippen LogP contribution in [-0.2, 0) is 37.0 Å². The van der Waals surface area contributed by atoms with Crippen LogP contribution in [0.3, 0.4) is 0 Å². The highest BCUT2D eigenvalue weighted by Gasteiger charge is 2.48. The molecule has 1 atom stereocenters. The highest BCUT2D eigenvalue weighted by molar-refractivity contribution is 6.17. The third-order valence-corrected chi connectivity index (χ3v) is 4.30. The van der Waals surface area contributed by atoms with Gasteiger partial charge in [0, 0.05) is 0 Å². The highest BCUT2D eigenvalue weighted by Crippen LogP contribution is 2.20. The third kappa shape index (κ3) is 5.58. The molecule has 0 unspecified atom stereocenters. The third-order valence-electron chi connectivity index (χ3n) is 4.19. The summed E-state index contributed by atoms with van der Waals surface area (Å²) in [6.07, 6.45) is 0. The minimum atomic E-state index is -2.00. The molecule has 2 N–H and O–H groups in total. The van der Waals surface area contributed by atoms with Gasteiger partial charge in [-0.05, 0) is 23.6 Å². The molecule has 29 heavy (non-hydrogen) atoms. The van der Waals surface area contributed by atoms with Crippen LogP contribution in [0, 0.1) is 5.92 Å². The molecule has 1 aromatic heterocycles. The van der Waals surface area contributed by atoms with E-state index in [4.69, 9.17) is 31.2 Å². The molecule has 0 saturated carbocycles. The number of esters is 3. The average molecular weight is 424 g/mol. The number of hydrogen-bond acceptors (Lipinski definition) is 8. The maximum atomic E-state index is 12.6. The van der Waals surface area contributed by atoms with Gasteiger partial charge in [0.1, 0.15) is 19.0 Å². The summed E-state index contributed by atoms with van der Waals surface area (Å²) in [5.74, 6) is -3.13. The predicted molar refractivity (Wildman–Crippen MR) is 103 cm³/mol. The summed E-state index contributed by atoms with van der Waals surface area (Å²) in [5.41, 5.74) is 4.84. The van der Waals surface area contributed by atoms with Crippen molar-refractivity contribution in [1.29, 1.82) is 0 Å². The Hall–Kier alpha value is -2.84. The van der Waals surface area contributed by atoms with Crippen molar-refractivity contribution in [2.24, 2.45) is 11.7 Å². The van der Waals surface area contributed by atoms with Crippen LogP contribution in [0.5, 0.6) is 0 Å². The lowest BCUT2D eigenvalue weighted by Crippen LogP contribution is -2.60. The van der Waals surface area contributed by atoms with Crippen LogP contribution in [0.25, 0.3) is 0 Å². The molecule has 0 fully saturated rings. The summed E-state index contributed by atoms with van der Waals surface area (Å²) >= 11 is 5.32. The molecule has 0 radical (unpaired) electrons. The summed E-state index contributed by atoms with van der Waals surface area (Å²) in [4.78, 5) is 36.7. The van der Waals surface area contributed by atoms with Gasteiger partial charge < -0.3 is 24.4 Å². The molecule has 0 aliphatic carbocycles. The Balaban J connectivity index is 2.00. The van der Waals surface area contributed by atoms with E-state index in [2.05, 4.69) is 4.74 Å². The zero-order valence-electron chi connectivity index (χ0n) is 16.1. The monoisotopic (exact) mass is 423 g/mol. The fraction of sp³-hybridized carbons (Fsp3) is 0.350. The Bertz CT molecular complexity index is 850. The van der Waals surface area contributed by atoms with Crippen molar-refractivity contribution in [3.63, 3.8) is 0 Å². The zero-order valence-corrected chi connectivity index (χ0v) is 16.8. The lowest BCUT2D eigenvalue weighted by Gasteiger charge is -2.28. The fourth-order valence-corrected chi connectivity index (χ4v) is 2.44. The Labute approximate surface area is 172 Å². The van der Waals surface area contributed by atoms with E-state index in [0.29, 0.717) is 0 Å². The van der Waals surface area contributed by atoms with Gasteiger partial charge >= 0.3 is 17.9 Å². The second-order valence-corrected chi connectivity index (χ2v) is 6.69. The first-order valence-corrected chi connectivity index (χ1v) is 9.31. The molecule has 8 nitrogen and oxygen atoms in total. The molecule has 0 aliphatic rings. The Morgan fingerprint density at radius 3 is 2.21 bits per heavy atom. The van der Waals surface area contributed by atoms with Crippen LogP contribution in [0.15, 0.2) is 46.9 Å². The van der Waals surface area contributed by atoms with Gasteiger partial charge in [-0.2, -0.15) is 0 Å². The molecule has 0 amide bonds. The zero-order chi connectivity index (χ0) is 21.4. The van der Waals surface area contributed by atoms with Crippen LogP contribution < -0.4 is 5.73 Å². The largest absolute Gasteiger partial charge is 0.459 e. The molecule has 2 aromatic rings. The highest BCUT2D eigenvalue weighted by atomic mass is 35.5. The van der Waals surface area contributed by atoms with E-state index in [-0.39, 0.29) is 30.8 Å². The average Bonchev–Trinajstić information content (AvgIpc) is 3.19. The number of benzene rings is 1. The van der Waals surface area contributed by atoms with Gasteiger partial charge in [-0.3, -0.25) is 0 Å². The number of hydrogen-bond donors (Lipinski definition) is 1. The second-order valence-electron chi connectivity index (χ2n) is 6.47. The Morgan fingerprint density at radius 1 is 1.00 bits per heavy atom. The number of furan rings is 1. The molecular formula is C20H22ClNO7. The van der Waals surface area contributed by atoms with E-state index in [1.165, 1.54) is 12.1 Å². The van der Waals surface area contributed by atoms with Gasteiger partial charge in [-0.25, -0.2) is 14.4 Å². The van der Waals surface area contributed by atoms with Crippen LogP contribution >= 0.6 is 11.6 Å². The number of carbonyl (C=O) groups excluding carboxylic acids is 3. The van der Waals surface area contributed by atoms with E-state index in [9.17, 15) is 14.4 Å². The van der Waals surface area contributed by atoms with E-state index in [1.807, 2.05) is 6.07 Å². The lowest BCUT2D eigenvalue weighted by molar-refractivity contribution is -0.169. The molecule has 1 aromatic carbocycles. The van der Waals surface area contributed by atoms with Crippen LogP contribution in [-0.4, -0.2) is 29.5 Å². The predicted octanol–water partition coefficient (Wildman–Crippen LogP) is 2.77. The minimum absolute atomic E-state index is 0.0250. The Morgan fingerprint density at radius 2 is 1.62 bits per heavy atom. The van der Waals surface area contributed by atoms with Crippen molar-refractivity contribution in [1.82, 2.24) is 0 Å². The van der Waals surface area contributed by atoms with Gasteiger partial charge in [0.25, 0.3) is 0 Å². The van der Waals surface area contributed by atoms with Crippen molar-refractivity contribution in [3.05, 3.63) is 59.5 Å². The van der Waals surface area contributed by atoms with Gasteiger partial charge in [0.2, 0.25) is 11.3 Å². The smallest absolute Gasteiger partial charge is 0.375 e. The summed E-state index contributed by atoms with van der Waals surface area (Å²) in [7, 11) is 0. The summed E-state index contributed by atoms with van der Waals surface area (Å²) < 4.78 is 20.2. The van der Waals surface area contributed by atoms with E-state index >= 15 is 0 Å². The quantitative estimate of drug-likeness (QED) is 0.283. The molecule has 2 rings (SSSR count). The second kappa shape index (κ2) is 10.1. The van der Waals surface area contributed by atoms with Crippen molar-refractivity contribution in [3.8, 4) is 0 Å². The number of rotatable bonds is 9.